The van der Waals surface area contributed by atoms with Crippen molar-refractivity contribution in [2.45, 2.75) is 6.92 Å². The van der Waals surface area contributed by atoms with Crippen LogP contribution in [0.25, 0.3) is 5.69 Å². The van der Waals surface area contributed by atoms with Gasteiger partial charge in [0.25, 0.3) is 0 Å². The molecule has 0 aliphatic carbocycles. The zero-order chi connectivity index (χ0) is 14.7. The number of ether oxygens (including phenoxy) is 1. The fourth-order valence-electron chi connectivity index (χ4n) is 2.05. The van der Waals surface area contributed by atoms with E-state index < -0.39 is 0 Å². The summed E-state index contributed by atoms with van der Waals surface area (Å²) < 4.78 is 7.00. The summed E-state index contributed by atoms with van der Waals surface area (Å²) in [4.78, 5) is 0. The van der Waals surface area contributed by atoms with Gasteiger partial charge in [0, 0.05) is 18.0 Å². The smallest absolute Gasteiger partial charge is 0.152 e. The number of methoxy groups -OCH3 is 1. The second kappa shape index (κ2) is 5.71. The molecule has 0 aliphatic heterocycles. The van der Waals surface area contributed by atoms with Gasteiger partial charge in [-0.05, 0) is 43.3 Å². The average molecular weight is 279 g/mol. The molecule has 1 N–H and O–H groups in total. The van der Waals surface area contributed by atoms with Crippen molar-refractivity contribution < 1.29 is 4.74 Å². The molecule has 0 saturated heterocycles. The standard InChI is InChI=1S/C17H17N3O/c1-13-3-7-15(8-4-13)20-12-11-17(19-20)18-14-5-9-16(21-2)10-6-14/h3-12H,1-2H3,(H,18,19). The lowest BCUT2D eigenvalue weighted by Gasteiger charge is -2.05. The molecule has 0 spiro atoms. The molecule has 0 aliphatic rings. The average Bonchev–Trinajstić information content (AvgIpc) is 2.97. The lowest BCUT2D eigenvalue weighted by molar-refractivity contribution is 0.415. The molecule has 0 bridgehead atoms. The highest BCUT2D eigenvalue weighted by atomic mass is 16.5. The van der Waals surface area contributed by atoms with Crippen molar-refractivity contribution in [1.82, 2.24) is 9.78 Å². The van der Waals surface area contributed by atoms with Crippen LogP contribution in [-0.2, 0) is 0 Å². The molecule has 1 heterocycles. The van der Waals surface area contributed by atoms with Gasteiger partial charge in [0.1, 0.15) is 5.75 Å². The van der Waals surface area contributed by atoms with Crippen LogP contribution in [0.15, 0.2) is 60.8 Å². The molecule has 0 unspecified atom stereocenters. The molecule has 0 radical (unpaired) electrons. The van der Waals surface area contributed by atoms with Gasteiger partial charge >= 0.3 is 0 Å². The number of nitrogens with zero attached hydrogens (tertiary/aromatic N) is 2. The minimum Gasteiger partial charge on any atom is -0.497 e. The highest BCUT2D eigenvalue weighted by Gasteiger charge is 2.02. The number of aromatic nitrogens is 2. The maximum Gasteiger partial charge on any atom is 0.152 e. The van der Waals surface area contributed by atoms with Crippen molar-refractivity contribution in [2.75, 3.05) is 12.4 Å². The van der Waals surface area contributed by atoms with Crippen molar-refractivity contribution in [3.05, 3.63) is 66.4 Å². The molecule has 4 nitrogen and oxygen atoms in total. The van der Waals surface area contributed by atoms with Crippen molar-refractivity contribution in [2.24, 2.45) is 0 Å². The zero-order valence-electron chi connectivity index (χ0n) is 12.1. The Morgan fingerprint density at radius 1 is 0.952 bits per heavy atom. The van der Waals surface area contributed by atoms with Gasteiger partial charge in [0.15, 0.2) is 5.82 Å². The summed E-state index contributed by atoms with van der Waals surface area (Å²) in [5.41, 5.74) is 3.26. The van der Waals surface area contributed by atoms with E-state index in [0.717, 1.165) is 22.9 Å². The quantitative estimate of drug-likeness (QED) is 0.786. The van der Waals surface area contributed by atoms with Crippen LogP contribution < -0.4 is 10.1 Å². The normalized spacial score (nSPS) is 10.4. The molecule has 3 aromatic rings. The molecule has 2 aromatic carbocycles. The van der Waals surface area contributed by atoms with E-state index in [1.807, 2.05) is 41.2 Å². The summed E-state index contributed by atoms with van der Waals surface area (Å²) in [5, 5.41) is 7.79. The molecule has 0 atom stereocenters. The number of hydrogen-bond acceptors (Lipinski definition) is 3. The van der Waals surface area contributed by atoms with Crippen LogP contribution >= 0.6 is 0 Å². The first-order chi connectivity index (χ1) is 10.2. The molecule has 4 heteroatoms. The Balaban J connectivity index is 1.76. The van der Waals surface area contributed by atoms with Crippen molar-refractivity contribution >= 4 is 11.5 Å². The highest BCUT2D eigenvalue weighted by molar-refractivity contribution is 5.57. The summed E-state index contributed by atoms with van der Waals surface area (Å²) >= 11 is 0. The zero-order valence-corrected chi connectivity index (χ0v) is 12.1. The minimum absolute atomic E-state index is 0.806. The number of aryl methyl sites for hydroxylation is 1. The van der Waals surface area contributed by atoms with Gasteiger partial charge in [0.05, 0.1) is 12.8 Å². The van der Waals surface area contributed by atoms with Gasteiger partial charge in [0.2, 0.25) is 0 Å². The van der Waals surface area contributed by atoms with E-state index in [-0.39, 0.29) is 0 Å². The summed E-state index contributed by atoms with van der Waals surface area (Å²) in [7, 11) is 1.66. The van der Waals surface area contributed by atoms with E-state index in [1.165, 1.54) is 5.56 Å². The Hall–Kier alpha value is -2.75. The number of hydrogen-bond donors (Lipinski definition) is 1. The van der Waals surface area contributed by atoms with E-state index in [2.05, 4.69) is 41.6 Å². The summed E-state index contributed by atoms with van der Waals surface area (Å²) in [6.45, 7) is 2.07. The van der Waals surface area contributed by atoms with Crippen LogP contribution in [0, 0.1) is 6.92 Å². The van der Waals surface area contributed by atoms with Gasteiger partial charge in [-0.15, -0.1) is 0 Å². The fourth-order valence-corrected chi connectivity index (χ4v) is 2.05. The van der Waals surface area contributed by atoms with Crippen molar-refractivity contribution in [1.29, 1.82) is 0 Å². The van der Waals surface area contributed by atoms with Gasteiger partial charge < -0.3 is 10.1 Å². The van der Waals surface area contributed by atoms with Crippen molar-refractivity contribution in [3.63, 3.8) is 0 Å². The first kappa shape index (κ1) is 13.2. The number of rotatable bonds is 4. The maximum absolute atomic E-state index is 5.14. The molecular formula is C17H17N3O. The molecule has 21 heavy (non-hydrogen) atoms. The van der Waals surface area contributed by atoms with E-state index >= 15 is 0 Å². The van der Waals surface area contributed by atoms with Crippen LogP contribution in [0.5, 0.6) is 5.75 Å². The Morgan fingerprint density at radius 3 is 2.33 bits per heavy atom. The van der Waals surface area contributed by atoms with Crippen molar-refractivity contribution in [3.8, 4) is 11.4 Å². The van der Waals surface area contributed by atoms with Gasteiger partial charge in [-0.3, -0.25) is 0 Å². The molecule has 0 saturated carbocycles. The van der Waals surface area contributed by atoms with Gasteiger partial charge in [-0.25, -0.2) is 4.68 Å². The third kappa shape index (κ3) is 3.05. The van der Waals surface area contributed by atoms with Gasteiger partial charge in [-0.2, -0.15) is 5.10 Å². The second-order valence-corrected chi connectivity index (χ2v) is 4.83. The summed E-state index contributed by atoms with van der Waals surface area (Å²) in [6, 6.07) is 18.0. The molecule has 0 amide bonds. The fraction of sp³-hybridized carbons (Fsp3) is 0.118. The molecule has 1 aromatic heterocycles. The van der Waals surface area contributed by atoms with Crippen LogP contribution in [0.2, 0.25) is 0 Å². The lowest BCUT2D eigenvalue weighted by Crippen LogP contribution is -1.97. The summed E-state index contributed by atoms with van der Waals surface area (Å²) in [6.07, 6.45) is 1.94. The number of benzene rings is 2. The predicted molar refractivity (Wildman–Crippen MR) is 84.6 cm³/mol. The Morgan fingerprint density at radius 2 is 1.67 bits per heavy atom. The van der Waals surface area contributed by atoms with E-state index in [4.69, 9.17) is 4.74 Å². The SMILES string of the molecule is COc1ccc(Nc2ccn(-c3ccc(C)cc3)n2)cc1. The third-order valence-electron chi connectivity index (χ3n) is 3.25. The Kier molecular flexibility index (Phi) is 3.60. The van der Waals surface area contributed by atoms with Crippen LogP contribution in [0.3, 0.4) is 0 Å². The molecule has 3 rings (SSSR count). The van der Waals surface area contributed by atoms with Crippen LogP contribution in [0.4, 0.5) is 11.5 Å². The largest absolute Gasteiger partial charge is 0.497 e. The Bertz CT molecular complexity index is 715. The van der Waals surface area contributed by atoms with E-state index in [9.17, 15) is 0 Å². The van der Waals surface area contributed by atoms with Gasteiger partial charge in [-0.1, -0.05) is 17.7 Å². The minimum atomic E-state index is 0.806. The van der Waals surface area contributed by atoms with E-state index in [0.29, 0.717) is 0 Å². The lowest BCUT2D eigenvalue weighted by atomic mass is 10.2. The first-order valence-electron chi connectivity index (χ1n) is 6.78. The van der Waals surface area contributed by atoms with Crippen LogP contribution in [0.1, 0.15) is 5.56 Å². The topological polar surface area (TPSA) is 39.1 Å². The maximum atomic E-state index is 5.14. The van der Waals surface area contributed by atoms with Crippen LogP contribution in [-0.4, -0.2) is 16.9 Å². The molecule has 106 valence electrons. The summed E-state index contributed by atoms with van der Waals surface area (Å²) in [5.74, 6) is 1.64. The third-order valence-corrected chi connectivity index (χ3v) is 3.25. The van der Waals surface area contributed by atoms with E-state index in [1.54, 1.807) is 7.11 Å². The monoisotopic (exact) mass is 279 g/mol. The molecule has 0 fully saturated rings. The Labute approximate surface area is 124 Å². The number of anilines is 2. The number of nitrogens with one attached hydrogen (secondary N) is 1. The highest BCUT2D eigenvalue weighted by Crippen LogP contribution is 2.19. The predicted octanol–water partition coefficient (Wildman–Crippen LogP) is 3.93. The first-order valence-corrected chi connectivity index (χ1v) is 6.78. The molecular weight excluding hydrogens is 262 g/mol. The second-order valence-electron chi connectivity index (χ2n) is 4.83.